The molecule has 2 atom stereocenters. The lowest BCUT2D eigenvalue weighted by molar-refractivity contribution is -0.0464. The summed E-state index contributed by atoms with van der Waals surface area (Å²) >= 11 is 0. The highest BCUT2D eigenvalue weighted by atomic mass is 16.3. The van der Waals surface area contributed by atoms with Gasteiger partial charge in [-0.05, 0) is 19.3 Å². The molecule has 2 nitrogen and oxygen atoms in total. The summed E-state index contributed by atoms with van der Waals surface area (Å²) in [5, 5.41) is 19.7. The Kier molecular flexibility index (Phi) is 6.00. The molecule has 0 aromatic heterocycles. The van der Waals surface area contributed by atoms with Gasteiger partial charge in [0, 0.05) is 0 Å². The van der Waals surface area contributed by atoms with Crippen LogP contribution in [0.4, 0.5) is 0 Å². The number of aliphatic hydroxyl groups is 2. The molecule has 0 aliphatic heterocycles. The first-order chi connectivity index (χ1) is 6.10. The lowest BCUT2D eigenvalue weighted by Gasteiger charge is -2.29. The molecule has 0 heterocycles. The predicted molar refractivity (Wildman–Crippen MR) is 55.6 cm³/mol. The molecule has 0 saturated heterocycles. The van der Waals surface area contributed by atoms with Gasteiger partial charge < -0.3 is 10.2 Å². The largest absolute Gasteiger partial charge is 0.390 e. The number of aliphatic hydroxyl groups excluding tert-OH is 1. The topological polar surface area (TPSA) is 40.5 Å². The van der Waals surface area contributed by atoms with Gasteiger partial charge in [0.05, 0.1) is 6.10 Å². The van der Waals surface area contributed by atoms with Crippen LogP contribution in [0.2, 0.25) is 0 Å². The third-order valence-electron chi connectivity index (χ3n) is 2.26. The van der Waals surface area contributed by atoms with E-state index in [1.807, 2.05) is 26.8 Å². The predicted octanol–water partition coefficient (Wildman–Crippen LogP) is 2.25. The van der Waals surface area contributed by atoms with Crippen LogP contribution in [0.1, 0.15) is 46.5 Å². The summed E-state index contributed by atoms with van der Waals surface area (Å²) < 4.78 is 0. The van der Waals surface area contributed by atoms with Crippen molar-refractivity contribution in [3.63, 3.8) is 0 Å². The minimum absolute atomic E-state index is 0.588. The fourth-order valence-corrected chi connectivity index (χ4v) is 1.44. The summed E-state index contributed by atoms with van der Waals surface area (Å²) in [6.45, 7) is 5.90. The lowest BCUT2D eigenvalue weighted by atomic mass is 9.89. The van der Waals surface area contributed by atoms with Crippen molar-refractivity contribution in [2.24, 2.45) is 0 Å². The van der Waals surface area contributed by atoms with Gasteiger partial charge in [-0.2, -0.15) is 0 Å². The van der Waals surface area contributed by atoms with Crippen molar-refractivity contribution in [2.45, 2.75) is 58.2 Å². The fraction of sp³-hybridized carbons (Fsp3) is 0.818. The molecule has 0 aliphatic rings. The molecule has 2 N–H and O–H groups in total. The highest BCUT2D eigenvalue weighted by molar-refractivity contribution is 5.04. The molecule has 0 rings (SSSR count). The standard InChI is InChI=1S/C11H22O2/c1-4-7-9-11(13,8-5-2)10(12)6-3/h7,9-10,12-13H,4-6,8H2,1-3H3/b9-7+. The summed E-state index contributed by atoms with van der Waals surface area (Å²) in [5.74, 6) is 0. The van der Waals surface area contributed by atoms with Gasteiger partial charge in [-0.25, -0.2) is 0 Å². The van der Waals surface area contributed by atoms with Crippen molar-refractivity contribution in [2.75, 3.05) is 0 Å². The van der Waals surface area contributed by atoms with E-state index in [0.29, 0.717) is 12.8 Å². The van der Waals surface area contributed by atoms with Gasteiger partial charge in [0.15, 0.2) is 0 Å². The zero-order valence-corrected chi connectivity index (χ0v) is 8.95. The van der Waals surface area contributed by atoms with Crippen molar-refractivity contribution < 1.29 is 10.2 Å². The van der Waals surface area contributed by atoms with Crippen LogP contribution in [-0.2, 0) is 0 Å². The highest BCUT2D eigenvalue weighted by Gasteiger charge is 2.30. The number of rotatable bonds is 6. The SMILES string of the molecule is CC/C=C/C(O)(CCC)C(O)CC. The summed E-state index contributed by atoms with van der Waals surface area (Å²) in [6.07, 6.45) is 5.99. The van der Waals surface area contributed by atoms with Gasteiger partial charge in [-0.15, -0.1) is 0 Å². The normalized spacial score (nSPS) is 18.8. The Morgan fingerprint density at radius 2 is 1.92 bits per heavy atom. The molecule has 2 heteroatoms. The van der Waals surface area contributed by atoms with Crippen molar-refractivity contribution in [1.82, 2.24) is 0 Å². The van der Waals surface area contributed by atoms with Gasteiger partial charge in [-0.3, -0.25) is 0 Å². The minimum atomic E-state index is -1.01. The molecular weight excluding hydrogens is 164 g/mol. The maximum atomic E-state index is 10.1. The van der Waals surface area contributed by atoms with E-state index in [1.54, 1.807) is 6.08 Å². The molecular formula is C11H22O2. The molecule has 2 unspecified atom stereocenters. The molecule has 0 fully saturated rings. The molecule has 0 saturated carbocycles. The average Bonchev–Trinajstić information content (AvgIpc) is 2.14. The Hall–Kier alpha value is -0.340. The second-order valence-electron chi connectivity index (χ2n) is 3.48. The highest BCUT2D eigenvalue weighted by Crippen LogP contribution is 2.21. The Morgan fingerprint density at radius 1 is 1.31 bits per heavy atom. The van der Waals surface area contributed by atoms with Crippen LogP contribution in [-0.4, -0.2) is 21.9 Å². The van der Waals surface area contributed by atoms with E-state index in [-0.39, 0.29) is 0 Å². The molecule has 13 heavy (non-hydrogen) atoms. The Bertz CT molecular complexity index is 154. The molecule has 0 amide bonds. The summed E-state index contributed by atoms with van der Waals surface area (Å²) in [4.78, 5) is 0. The van der Waals surface area contributed by atoms with Gasteiger partial charge >= 0.3 is 0 Å². The number of allylic oxidation sites excluding steroid dienone is 1. The monoisotopic (exact) mass is 186 g/mol. The quantitative estimate of drug-likeness (QED) is 0.625. The van der Waals surface area contributed by atoms with E-state index in [2.05, 4.69) is 0 Å². The maximum absolute atomic E-state index is 10.1. The number of hydrogen-bond donors (Lipinski definition) is 2. The third kappa shape index (κ3) is 3.92. The van der Waals surface area contributed by atoms with Crippen molar-refractivity contribution in [3.05, 3.63) is 12.2 Å². The van der Waals surface area contributed by atoms with E-state index in [4.69, 9.17) is 0 Å². The lowest BCUT2D eigenvalue weighted by Crippen LogP contribution is -2.39. The van der Waals surface area contributed by atoms with Crippen LogP contribution in [0, 0.1) is 0 Å². The smallest absolute Gasteiger partial charge is 0.108 e. The fourth-order valence-electron chi connectivity index (χ4n) is 1.44. The molecule has 0 aromatic rings. The summed E-state index contributed by atoms with van der Waals surface area (Å²) in [6, 6.07) is 0. The van der Waals surface area contributed by atoms with Gasteiger partial charge in [0.1, 0.15) is 5.60 Å². The first-order valence-electron chi connectivity index (χ1n) is 5.18. The van der Waals surface area contributed by atoms with Crippen molar-refractivity contribution in [3.8, 4) is 0 Å². The first-order valence-corrected chi connectivity index (χ1v) is 5.18. The van der Waals surface area contributed by atoms with Crippen LogP contribution in [0.3, 0.4) is 0 Å². The zero-order valence-electron chi connectivity index (χ0n) is 8.95. The molecule has 78 valence electrons. The first kappa shape index (κ1) is 12.7. The van der Waals surface area contributed by atoms with Crippen LogP contribution >= 0.6 is 0 Å². The van der Waals surface area contributed by atoms with E-state index < -0.39 is 11.7 Å². The molecule has 0 bridgehead atoms. The van der Waals surface area contributed by atoms with E-state index in [9.17, 15) is 10.2 Å². The van der Waals surface area contributed by atoms with E-state index in [0.717, 1.165) is 12.8 Å². The minimum Gasteiger partial charge on any atom is -0.390 e. The Labute approximate surface area is 81.3 Å². The second-order valence-corrected chi connectivity index (χ2v) is 3.48. The van der Waals surface area contributed by atoms with Gasteiger partial charge in [-0.1, -0.05) is 39.3 Å². The molecule has 0 radical (unpaired) electrons. The van der Waals surface area contributed by atoms with E-state index >= 15 is 0 Å². The van der Waals surface area contributed by atoms with Crippen molar-refractivity contribution in [1.29, 1.82) is 0 Å². The average molecular weight is 186 g/mol. The van der Waals surface area contributed by atoms with Crippen LogP contribution in [0.25, 0.3) is 0 Å². The number of hydrogen-bond acceptors (Lipinski definition) is 2. The molecule has 0 spiro atoms. The molecule has 0 aliphatic carbocycles. The maximum Gasteiger partial charge on any atom is 0.108 e. The summed E-state index contributed by atoms with van der Waals surface area (Å²) in [7, 11) is 0. The van der Waals surface area contributed by atoms with Gasteiger partial charge in [0.2, 0.25) is 0 Å². The Balaban J connectivity index is 4.41. The van der Waals surface area contributed by atoms with E-state index in [1.165, 1.54) is 0 Å². The zero-order chi connectivity index (χ0) is 10.3. The third-order valence-corrected chi connectivity index (χ3v) is 2.26. The Morgan fingerprint density at radius 3 is 2.31 bits per heavy atom. The summed E-state index contributed by atoms with van der Waals surface area (Å²) in [5.41, 5.74) is -1.01. The van der Waals surface area contributed by atoms with Crippen LogP contribution in [0.5, 0.6) is 0 Å². The van der Waals surface area contributed by atoms with Crippen LogP contribution in [0.15, 0.2) is 12.2 Å². The van der Waals surface area contributed by atoms with Gasteiger partial charge in [0.25, 0.3) is 0 Å². The van der Waals surface area contributed by atoms with Crippen molar-refractivity contribution >= 4 is 0 Å². The van der Waals surface area contributed by atoms with Crippen LogP contribution < -0.4 is 0 Å². The second kappa shape index (κ2) is 6.17. The molecule has 0 aromatic carbocycles.